The zero-order valence-corrected chi connectivity index (χ0v) is 20.6. The molecule has 2 rings (SSSR count). The number of ether oxygens (including phenoxy) is 2. The normalized spacial score (nSPS) is 16.3. The van der Waals surface area contributed by atoms with Crippen molar-refractivity contribution in [2.75, 3.05) is 6.61 Å². The molecule has 0 radical (unpaired) electrons. The number of esters is 2. The second-order valence-corrected chi connectivity index (χ2v) is 9.29. The number of benzene rings is 1. The smallest absolute Gasteiger partial charge is 0.306 e. The van der Waals surface area contributed by atoms with E-state index in [0.29, 0.717) is 25.4 Å². The molecule has 1 aromatic rings. The summed E-state index contributed by atoms with van der Waals surface area (Å²) < 4.78 is 11.2. The van der Waals surface area contributed by atoms with Gasteiger partial charge >= 0.3 is 11.9 Å². The fourth-order valence-corrected chi connectivity index (χ4v) is 4.35. The lowest BCUT2D eigenvalue weighted by Gasteiger charge is -2.24. The van der Waals surface area contributed by atoms with Crippen LogP contribution < -0.4 is 0 Å². The van der Waals surface area contributed by atoms with Crippen LogP contribution in [0.5, 0.6) is 0 Å². The fraction of sp³-hybridized carbons (Fsp3) is 0.655. The van der Waals surface area contributed by atoms with Gasteiger partial charge in [-0.1, -0.05) is 87.9 Å². The van der Waals surface area contributed by atoms with E-state index in [-0.39, 0.29) is 18.0 Å². The summed E-state index contributed by atoms with van der Waals surface area (Å²) in [6, 6.07) is 10.1. The molecule has 2 unspecified atom stereocenters. The molecule has 1 aliphatic rings. The van der Waals surface area contributed by atoms with Gasteiger partial charge in [-0.2, -0.15) is 0 Å². The van der Waals surface area contributed by atoms with Crippen molar-refractivity contribution in [1.82, 2.24) is 0 Å². The number of carbonyl (C=O) groups excluding carboxylic acids is 2. The molecule has 0 saturated heterocycles. The van der Waals surface area contributed by atoms with Crippen LogP contribution in [0, 0.1) is 5.92 Å². The molecule has 1 aromatic carbocycles. The number of allylic oxidation sites excluding steroid dienone is 2. The summed E-state index contributed by atoms with van der Waals surface area (Å²) in [5, 5.41) is 0. The Labute approximate surface area is 201 Å². The van der Waals surface area contributed by atoms with Crippen LogP contribution in [-0.2, 0) is 19.1 Å². The van der Waals surface area contributed by atoms with E-state index >= 15 is 0 Å². The van der Waals surface area contributed by atoms with Gasteiger partial charge in [0.15, 0.2) is 0 Å². The summed E-state index contributed by atoms with van der Waals surface area (Å²) in [5.74, 6) is 0.338. The average molecular weight is 457 g/mol. The van der Waals surface area contributed by atoms with E-state index in [0.717, 1.165) is 76.2 Å². The highest BCUT2D eigenvalue weighted by molar-refractivity contribution is 5.69. The van der Waals surface area contributed by atoms with Crippen LogP contribution >= 0.6 is 0 Å². The van der Waals surface area contributed by atoms with Gasteiger partial charge in [0, 0.05) is 12.8 Å². The zero-order valence-electron chi connectivity index (χ0n) is 20.6. The minimum absolute atomic E-state index is 0.0643. The number of unbranched alkanes of at least 4 members (excludes halogenated alkanes) is 7. The van der Waals surface area contributed by atoms with Crippen LogP contribution in [0.4, 0.5) is 0 Å². The molecular weight excluding hydrogens is 412 g/mol. The molecule has 0 N–H and O–H groups in total. The first-order valence-corrected chi connectivity index (χ1v) is 13.3. The fourth-order valence-electron chi connectivity index (χ4n) is 4.35. The van der Waals surface area contributed by atoms with Gasteiger partial charge < -0.3 is 9.47 Å². The van der Waals surface area contributed by atoms with Crippen molar-refractivity contribution in [2.24, 2.45) is 5.92 Å². The van der Waals surface area contributed by atoms with Crippen molar-refractivity contribution in [1.29, 1.82) is 0 Å². The topological polar surface area (TPSA) is 52.6 Å². The Morgan fingerprint density at radius 1 is 0.909 bits per heavy atom. The average Bonchev–Trinajstić information content (AvgIpc) is 2.84. The Bertz CT molecular complexity index is 682. The summed E-state index contributed by atoms with van der Waals surface area (Å²) in [5.41, 5.74) is 1.09. The maximum absolute atomic E-state index is 12.5. The maximum Gasteiger partial charge on any atom is 0.306 e. The van der Waals surface area contributed by atoms with Gasteiger partial charge in [0.2, 0.25) is 0 Å². The number of hydrogen-bond acceptors (Lipinski definition) is 4. The van der Waals surface area contributed by atoms with E-state index < -0.39 is 0 Å². The van der Waals surface area contributed by atoms with Gasteiger partial charge in [0.25, 0.3) is 0 Å². The van der Waals surface area contributed by atoms with E-state index in [1.807, 2.05) is 18.2 Å². The number of carbonyl (C=O) groups is 2. The predicted octanol–water partition coefficient (Wildman–Crippen LogP) is 7.87. The van der Waals surface area contributed by atoms with E-state index in [9.17, 15) is 9.59 Å². The van der Waals surface area contributed by atoms with E-state index in [4.69, 9.17) is 9.47 Å². The van der Waals surface area contributed by atoms with Crippen molar-refractivity contribution in [3.63, 3.8) is 0 Å². The van der Waals surface area contributed by atoms with Crippen LogP contribution in [0.25, 0.3) is 0 Å². The molecule has 4 heteroatoms. The molecule has 0 bridgehead atoms. The molecule has 0 aromatic heterocycles. The molecule has 0 heterocycles. The van der Waals surface area contributed by atoms with Crippen molar-refractivity contribution >= 4 is 11.9 Å². The standard InChI is InChI=1S/C29H44O4/c1-2-3-16-23-32-28(30)21-14-6-4-5-7-15-22-29(31)33-27(26-19-12-9-13-20-26)24-25-17-10-8-11-18-25/h9-10,12-13,17,19-20,25,27H,2-8,11,14-16,18,21-24H2,1H3. The molecule has 0 fully saturated rings. The third kappa shape index (κ3) is 12.6. The Morgan fingerprint density at radius 3 is 2.27 bits per heavy atom. The molecule has 0 aliphatic heterocycles. The van der Waals surface area contributed by atoms with Crippen LogP contribution in [0.2, 0.25) is 0 Å². The first kappa shape index (κ1) is 27.1. The monoisotopic (exact) mass is 456 g/mol. The molecular formula is C29H44O4. The lowest BCUT2D eigenvalue weighted by molar-refractivity contribution is -0.150. The van der Waals surface area contributed by atoms with E-state index in [2.05, 4.69) is 31.2 Å². The van der Waals surface area contributed by atoms with Gasteiger partial charge in [-0.15, -0.1) is 0 Å². The second kappa shape index (κ2) is 17.4. The molecule has 2 atom stereocenters. The number of hydrogen-bond donors (Lipinski definition) is 0. The Kier molecular flexibility index (Phi) is 14.3. The van der Waals surface area contributed by atoms with Crippen molar-refractivity contribution in [3.05, 3.63) is 48.0 Å². The van der Waals surface area contributed by atoms with Gasteiger partial charge in [0.1, 0.15) is 6.10 Å². The third-order valence-corrected chi connectivity index (χ3v) is 6.34. The molecule has 0 saturated carbocycles. The van der Waals surface area contributed by atoms with Crippen molar-refractivity contribution in [3.8, 4) is 0 Å². The summed E-state index contributed by atoms with van der Waals surface area (Å²) in [7, 11) is 0. The SMILES string of the molecule is CCCCCOC(=O)CCCCCCCCC(=O)OC(CC1C=CCCC1)c1ccccc1. The molecule has 0 amide bonds. The highest BCUT2D eigenvalue weighted by Crippen LogP contribution is 2.31. The molecule has 1 aliphatic carbocycles. The Hall–Kier alpha value is -2.10. The predicted molar refractivity (Wildman–Crippen MR) is 134 cm³/mol. The summed E-state index contributed by atoms with van der Waals surface area (Å²) in [6.45, 7) is 2.70. The maximum atomic E-state index is 12.5. The molecule has 0 spiro atoms. The summed E-state index contributed by atoms with van der Waals surface area (Å²) in [4.78, 5) is 24.2. The second-order valence-electron chi connectivity index (χ2n) is 9.29. The molecule has 33 heavy (non-hydrogen) atoms. The number of rotatable bonds is 17. The van der Waals surface area contributed by atoms with Crippen LogP contribution in [0.1, 0.15) is 115 Å². The lowest BCUT2D eigenvalue weighted by atomic mass is 9.89. The first-order valence-electron chi connectivity index (χ1n) is 13.3. The van der Waals surface area contributed by atoms with E-state index in [1.54, 1.807) is 0 Å². The van der Waals surface area contributed by atoms with Gasteiger partial charge in [-0.3, -0.25) is 9.59 Å². The van der Waals surface area contributed by atoms with Crippen LogP contribution in [0.15, 0.2) is 42.5 Å². The van der Waals surface area contributed by atoms with Gasteiger partial charge in [0.05, 0.1) is 6.61 Å². The quantitative estimate of drug-likeness (QED) is 0.136. The summed E-state index contributed by atoms with van der Waals surface area (Å²) in [6.07, 6.45) is 19.1. The van der Waals surface area contributed by atoms with Crippen molar-refractivity contribution < 1.29 is 19.1 Å². The minimum Gasteiger partial charge on any atom is -0.466 e. The Balaban J connectivity index is 1.56. The Morgan fingerprint density at radius 2 is 1.61 bits per heavy atom. The largest absolute Gasteiger partial charge is 0.466 e. The zero-order chi connectivity index (χ0) is 23.6. The summed E-state index contributed by atoms with van der Waals surface area (Å²) >= 11 is 0. The van der Waals surface area contributed by atoms with Crippen LogP contribution in [-0.4, -0.2) is 18.5 Å². The highest BCUT2D eigenvalue weighted by atomic mass is 16.5. The first-order chi connectivity index (χ1) is 16.2. The van der Waals surface area contributed by atoms with Crippen LogP contribution in [0.3, 0.4) is 0 Å². The van der Waals surface area contributed by atoms with Gasteiger partial charge in [-0.25, -0.2) is 0 Å². The molecule has 184 valence electrons. The highest BCUT2D eigenvalue weighted by Gasteiger charge is 2.21. The minimum atomic E-state index is -0.159. The molecule has 4 nitrogen and oxygen atoms in total. The van der Waals surface area contributed by atoms with E-state index in [1.165, 1.54) is 12.8 Å². The van der Waals surface area contributed by atoms with Crippen molar-refractivity contribution in [2.45, 2.75) is 109 Å². The third-order valence-electron chi connectivity index (χ3n) is 6.34. The lowest BCUT2D eigenvalue weighted by Crippen LogP contribution is -2.15. The van der Waals surface area contributed by atoms with Gasteiger partial charge in [-0.05, 0) is 56.4 Å².